The van der Waals surface area contributed by atoms with Gasteiger partial charge in [-0.15, -0.1) is 0 Å². The van der Waals surface area contributed by atoms with Crippen molar-refractivity contribution in [1.29, 1.82) is 0 Å². The van der Waals surface area contributed by atoms with E-state index in [2.05, 4.69) is 18.7 Å². The first kappa shape index (κ1) is 9.93. The van der Waals surface area contributed by atoms with Crippen molar-refractivity contribution in [3.8, 4) is 0 Å². The third-order valence-electron chi connectivity index (χ3n) is 2.68. The van der Waals surface area contributed by atoms with E-state index in [-0.39, 0.29) is 12.1 Å². The fourth-order valence-corrected chi connectivity index (χ4v) is 1.89. The van der Waals surface area contributed by atoms with Crippen LogP contribution in [0.3, 0.4) is 0 Å². The van der Waals surface area contributed by atoms with E-state index >= 15 is 0 Å². The molecule has 1 fully saturated rings. The van der Waals surface area contributed by atoms with Gasteiger partial charge < -0.3 is 5.73 Å². The lowest BCUT2D eigenvalue weighted by atomic mass is 9.97. The molecule has 1 heterocycles. The second-order valence-electron chi connectivity index (χ2n) is 4.04. The molecule has 3 heteroatoms. The minimum atomic E-state index is -0.754. The van der Waals surface area contributed by atoms with Gasteiger partial charge in [0.2, 0.25) is 0 Å². The van der Waals surface area contributed by atoms with Gasteiger partial charge in [0.15, 0.2) is 0 Å². The maximum absolute atomic E-state index is 13.3. The molecule has 0 aromatic carbocycles. The summed E-state index contributed by atoms with van der Waals surface area (Å²) in [6, 6.07) is 0.438. The van der Waals surface area contributed by atoms with Crippen LogP contribution in [-0.4, -0.2) is 35.7 Å². The lowest BCUT2D eigenvalue weighted by Gasteiger charge is -2.41. The van der Waals surface area contributed by atoms with Crippen LogP contribution >= 0.6 is 0 Å². The monoisotopic (exact) mass is 174 g/mol. The Kier molecular flexibility index (Phi) is 3.07. The molecule has 72 valence electrons. The Balaban J connectivity index is 2.60. The van der Waals surface area contributed by atoms with Crippen LogP contribution in [0.1, 0.15) is 27.2 Å². The van der Waals surface area contributed by atoms with Gasteiger partial charge >= 0.3 is 0 Å². The van der Waals surface area contributed by atoms with Crippen LogP contribution in [0.4, 0.5) is 4.39 Å². The van der Waals surface area contributed by atoms with Crippen molar-refractivity contribution in [2.45, 2.75) is 51.5 Å². The predicted octanol–water partition coefficient (Wildman–Crippen LogP) is 1.15. The Morgan fingerprint density at radius 3 is 2.58 bits per heavy atom. The van der Waals surface area contributed by atoms with Crippen LogP contribution in [0, 0.1) is 0 Å². The standard InChI is InChI=1S/C9H19FN2/c1-6(2)12-5-8(11)4-9(10)7(12)3/h6-9H,4-5,11H2,1-3H3/t7-,8+,9?/m0/s1. The van der Waals surface area contributed by atoms with Gasteiger partial charge in [0.05, 0.1) is 0 Å². The smallest absolute Gasteiger partial charge is 0.117 e. The molecule has 0 aliphatic carbocycles. The molecule has 1 aliphatic heterocycles. The lowest BCUT2D eigenvalue weighted by molar-refractivity contribution is 0.0421. The molecule has 0 aromatic heterocycles. The molecule has 12 heavy (non-hydrogen) atoms. The van der Waals surface area contributed by atoms with E-state index in [4.69, 9.17) is 5.73 Å². The largest absolute Gasteiger partial charge is 0.326 e. The van der Waals surface area contributed by atoms with Gasteiger partial charge in [-0.05, 0) is 27.2 Å². The van der Waals surface area contributed by atoms with Gasteiger partial charge in [-0.25, -0.2) is 4.39 Å². The van der Waals surface area contributed by atoms with Crippen LogP contribution in [0.15, 0.2) is 0 Å². The number of alkyl halides is 1. The molecule has 1 aliphatic rings. The number of nitrogens with zero attached hydrogens (tertiary/aromatic N) is 1. The van der Waals surface area contributed by atoms with E-state index in [9.17, 15) is 4.39 Å². The summed E-state index contributed by atoms with van der Waals surface area (Å²) in [6.45, 7) is 6.94. The zero-order chi connectivity index (χ0) is 9.30. The predicted molar refractivity (Wildman–Crippen MR) is 48.8 cm³/mol. The zero-order valence-electron chi connectivity index (χ0n) is 8.13. The Morgan fingerprint density at radius 1 is 1.50 bits per heavy atom. The molecule has 2 N–H and O–H groups in total. The molecular weight excluding hydrogens is 155 g/mol. The summed E-state index contributed by atoms with van der Waals surface area (Å²) in [5, 5.41) is 0. The SMILES string of the molecule is CC(C)N1C[C@H](N)CC(F)[C@@H]1C. The van der Waals surface area contributed by atoms with Gasteiger partial charge in [-0.3, -0.25) is 4.90 Å². The van der Waals surface area contributed by atoms with Crippen molar-refractivity contribution in [3.63, 3.8) is 0 Å². The maximum Gasteiger partial charge on any atom is 0.117 e. The Hall–Kier alpha value is -0.150. The number of hydrogen-bond acceptors (Lipinski definition) is 2. The van der Waals surface area contributed by atoms with Gasteiger partial charge in [0.1, 0.15) is 6.17 Å². The van der Waals surface area contributed by atoms with Gasteiger partial charge in [-0.1, -0.05) is 0 Å². The summed E-state index contributed by atoms with van der Waals surface area (Å²) in [5.41, 5.74) is 5.73. The average Bonchev–Trinajstić information content (AvgIpc) is 1.96. The summed E-state index contributed by atoms with van der Waals surface area (Å²) in [6.07, 6.45) is -0.235. The number of nitrogens with two attached hydrogens (primary N) is 1. The maximum atomic E-state index is 13.3. The summed E-state index contributed by atoms with van der Waals surface area (Å²) >= 11 is 0. The van der Waals surface area contributed by atoms with Crippen LogP contribution < -0.4 is 5.73 Å². The Morgan fingerprint density at radius 2 is 2.08 bits per heavy atom. The zero-order valence-corrected chi connectivity index (χ0v) is 8.13. The molecule has 1 unspecified atom stereocenters. The van der Waals surface area contributed by atoms with Crippen LogP contribution in [0.5, 0.6) is 0 Å². The molecule has 0 spiro atoms. The number of hydrogen-bond donors (Lipinski definition) is 1. The van der Waals surface area contributed by atoms with Crippen molar-refractivity contribution in [2.75, 3.05) is 6.54 Å². The summed E-state index contributed by atoms with van der Waals surface area (Å²) in [5.74, 6) is 0. The average molecular weight is 174 g/mol. The van der Waals surface area contributed by atoms with E-state index in [1.54, 1.807) is 0 Å². The van der Waals surface area contributed by atoms with Gasteiger partial charge in [-0.2, -0.15) is 0 Å². The van der Waals surface area contributed by atoms with Gasteiger partial charge in [0.25, 0.3) is 0 Å². The molecular formula is C9H19FN2. The first-order valence-electron chi connectivity index (χ1n) is 4.67. The van der Waals surface area contributed by atoms with Gasteiger partial charge in [0, 0.05) is 24.7 Å². The highest BCUT2D eigenvalue weighted by molar-refractivity contribution is 4.88. The fraction of sp³-hybridized carbons (Fsp3) is 1.00. The lowest BCUT2D eigenvalue weighted by Crippen LogP contribution is -2.55. The van der Waals surface area contributed by atoms with Crippen LogP contribution in [0.25, 0.3) is 0 Å². The molecule has 3 atom stereocenters. The quantitative estimate of drug-likeness (QED) is 0.646. The molecule has 0 aromatic rings. The molecule has 0 bridgehead atoms. The Bertz CT molecular complexity index is 149. The van der Waals surface area contributed by atoms with E-state index in [1.165, 1.54) is 0 Å². The first-order valence-corrected chi connectivity index (χ1v) is 4.67. The number of halogens is 1. The second kappa shape index (κ2) is 3.71. The fourth-order valence-electron chi connectivity index (χ4n) is 1.89. The molecule has 1 rings (SSSR count). The van der Waals surface area contributed by atoms with E-state index < -0.39 is 6.17 Å². The molecule has 0 amide bonds. The van der Waals surface area contributed by atoms with Crippen molar-refractivity contribution >= 4 is 0 Å². The number of likely N-dealkylation sites (tertiary alicyclic amines) is 1. The molecule has 1 saturated heterocycles. The second-order valence-corrected chi connectivity index (χ2v) is 4.04. The third kappa shape index (κ3) is 1.96. The number of rotatable bonds is 1. The van der Waals surface area contributed by atoms with E-state index in [1.807, 2.05) is 6.92 Å². The van der Waals surface area contributed by atoms with Crippen molar-refractivity contribution in [1.82, 2.24) is 4.90 Å². The molecule has 0 saturated carbocycles. The summed E-state index contributed by atoms with van der Waals surface area (Å²) < 4.78 is 13.3. The normalized spacial score (nSPS) is 39.0. The molecule has 2 nitrogen and oxygen atoms in total. The highest BCUT2D eigenvalue weighted by Gasteiger charge is 2.32. The van der Waals surface area contributed by atoms with Crippen molar-refractivity contribution in [2.24, 2.45) is 5.73 Å². The third-order valence-corrected chi connectivity index (χ3v) is 2.68. The van der Waals surface area contributed by atoms with Crippen molar-refractivity contribution < 1.29 is 4.39 Å². The van der Waals surface area contributed by atoms with E-state index in [0.717, 1.165) is 6.54 Å². The minimum Gasteiger partial charge on any atom is -0.326 e. The van der Waals surface area contributed by atoms with Crippen LogP contribution in [0.2, 0.25) is 0 Å². The van der Waals surface area contributed by atoms with Crippen molar-refractivity contribution in [3.05, 3.63) is 0 Å². The molecule has 0 radical (unpaired) electrons. The first-order chi connectivity index (χ1) is 5.52. The minimum absolute atomic E-state index is 0.0126. The number of piperidine rings is 1. The topological polar surface area (TPSA) is 29.3 Å². The highest BCUT2D eigenvalue weighted by atomic mass is 19.1. The summed E-state index contributed by atoms with van der Waals surface area (Å²) in [7, 11) is 0. The summed E-state index contributed by atoms with van der Waals surface area (Å²) in [4.78, 5) is 2.14. The van der Waals surface area contributed by atoms with Crippen LogP contribution in [-0.2, 0) is 0 Å². The van der Waals surface area contributed by atoms with E-state index in [0.29, 0.717) is 12.5 Å². The Labute approximate surface area is 73.9 Å². The highest BCUT2D eigenvalue weighted by Crippen LogP contribution is 2.21.